The molecule has 0 saturated carbocycles. The number of methoxy groups -OCH3 is 1. The van der Waals surface area contributed by atoms with Crippen LogP contribution in [0.2, 0.25) is 0 Å². The van der Waals surface area contributed by atoms with Gasteiger partial charge in [-0.25, -0.2) is 4.79 Å². The zero-order valence-corrected chi connectivity index (χ0v) is 21.6. The summed E-state index contributed by atoms with van der Waals surface area (Å²) in [6.07, 6.45) is 5.06. The van der Waals surface area contributed by atoms with E-state index in [0.717, 1.165) is 67.9 Å². The minimum atomic E-state index is -0.490. The van der Waals surface area contributed by atoms with Crippen molar-refractivity contribution in [1.82, 2.24) is 14.9 Å². The smallest absolute Gasteiger partial charge is 0.410 e. The highest BCUT2D eigenvalue weighted by molar-refractivity contribution is 5.68. The second-order valence-electron chi connectivity index (χ2n) is 10.2. The van der Waals surface area contributed by atoms with E-state index in [4.69, 9.17) is 24.9 Å². The molecule has 9 nitrogen and oxygen atoms in total. The van der Waals surface area contributed by atoms with Crippen LogP contribution in [0, 0.1) is 5.92 Å². The van der Waals surface area contributed by atoms with Gasteiger partial charge in [0, 0.05) is 25.2 Å². The molecule has 0 aliphatic carbocycles. The molecule has 0 atom stereocenters. The fourth-order valence-corrected chi connectivity index (χ4v) is 4.39. The summed E-state index contributed by atoms with van der Waals surface area (Å²) in [6, 6.07) is 0.310. The van der Waals surface area contributed by atoms with E-state index in [0.29, 0.717) is 37.4 Å². The minimum absolute atomic E-state index is 0.242. The number of piperidine rings is 1. The van der Waals surface area contributed by atoms with Gasteiger partial charge in [0.2, 0.25) is 0 Å². The van der Waals surface area contributed by atoms with Crippen molar-refractivity contribution in [3.05, 3.63) is 17.0 Å². The molecule has 2 aliphatic heterocycles. The molecule has 34 heavy (non-hydrogen) atoms. The summed E-state index contributed by atoms with van der Waals surface area (Å²) in [6.45, 7) is 12.5. The quantitative estimate of drug-likeness (QED) is 0.574. The molecule has 3 rings (SSSR count). The number of hydrogen-bond donors (Lipinski definition) is 1. The lowest BCUT2D eigenvalue weighted by Crippen LogP contribution is -2.44. The number of nitrogen functional groups attached to an aromatic ring is 1. The van der Waals surface area contributed by atoms with Gasteiger partial charge in [0.15, 0.2) is 5.88 Å². The highest BCUT2D eigenvalue weighted by atomic mass is 16.6. The maximum atomic E-state index is 12.5. The van der Waals surface area contributed by atoms with Crippen LogP contribution in [0.4, 0.5) is 16.4 Å². The van der Waals surface area contributed by atoms with Crippen molar-refractivity contribution < 1.29 is 19.0 Å². The van der Waals surface area contributed by atoms with E-state index in [-0.39, 0.29) is 6.09 Å². The van der Waals surface area contributed by atoms with Crippen molar-refractivity contribution in [2.75, 3.05) is 44.0 Å². The van der Waals surface area contributed by atoms with E-state index in [2.05, 4.69) is 23.7 Å². The summed E-state index contributed by atoms with van der Waals surface area (Å²) in [5.41, 5.74) is 7.96. The number of carbonyl (C=O) groups excluding carboxylic acids is 1. The minimum Gasteiger partial charge on any atom is -0.482 e. The fraction of sp³-hybridized carbons (Fsp3) is 0.720. The second-order valence-corrected chi connectivity index (χ2v) is 10.2. The predicted molar refractivity (Wildman–Crippen MR) is 133 cm³/mol. The summed E-state index contributed by atoms with van der Waals surface area (Å²) >= 11 is 0. The van der Waals surface area contributed by atoms with Gasteiger partial charge in [-0.2, -0.15) is 9.97 Å². The molecule has 1 fully saturated rings. The first-order valence-corrected chi connectivity index (χ1v) is 12.4. The number of aromatic nitrogens is 2. The molecule has 1 aromatic heterocycles. The van der Waals surface area contributed by atoms with Gasteiger partial charge in [-0.05, 0) is 71.3 Å². The Morgan fingerprint density at radius 2 is 1.88 bits per heavy atom. The zero-order valence-electron chi connectivity index (χ0n) is 21.6. The van der Waals surface area contributed by atoms with Crippen LogP contribution in [0.1, 0.15) is 72.3 Å². The Morgan fingerprint density at radius 3 is 2.50 bits per heavy atom. The lowest BCUT2D eigenvalue weighted by Gasteiger charge is -2.36. The number of nitrogens with zero attached hydrogens (tertiary/aromatic N) is 4. The SMILES string of the molecule is CCCCOc1nc(N)c2c(n1)N(CC1CCN(C(=O)OC(C)(C)C)CC1)C(OC)=C(C)CC2. The number of amides is 1. The van der Waals surface area contributed by atoms with Gasteiger partial charge in [0.25, 0.3) is 0 Å². The maximum Gasteiger partial charge on any atom is 0.410 e. The lowest BCUT2D eigenvalue weighted by molar-refractivity contribution is 0.0185. The van der Waals surface area contributed by atoms with Gasteiger partial charge in [0.1, 0.15) is 17.2 Å². The van der Waals surface area contributed by atoms with Gasteiger partial charge < -0.3 is 24.8 Å². The van der Waals surface area contributed by atoms with Crippen LogP contribution in [0.3, 0.4) is 0 Å². The second kappa shape index (κ2) is 11.1. The van der Waals surface area contributed by atoms with Crippen molar-refractivity contribution in [1.29, 1.82) is 0 Å². The summed E-state index contributed by atoms with van der Waals surface area (Å²) in [7, 11) is 1.70. The first kappa shape index (κ1) is 25.9. The van der Waals surface area contributed by atoms with Gasteiger partial charge in [0.05, 0.1) is 13.7 Å². The van der Waals surface area contributed by atoms with Gasteiger partial charge >= 0.3 is 12.1 Å². The molecule has 2 aliphatic rings. The van der Waals surface area contributed by atoms with Gasteiger partial charge in [-0.1, -0.05) is 13.3 Å². The summed E-state index contributed by atoms with van der Waals surface area (Å²) in [5.74, 6) is 2.41. The molecule has 1 saturated heterocycles. The third kappa shape index (κ3) is 6.45. The number of allylic oxidation sites excluding steroid dienone is 1. The third-order valence-corrected chi connectivity index (χ3v) is 6.24. The van der Waals surface area contributed by atoms with Crippen molar-refractivity contribution >= 4 is 17.7 Å². The number of anilines is 2. The molecule has 0 bridgehead atoms. The van der Waals surface area contributed by atoms with Crippen molar-refractivity contribution in [2.45, 2.75) is 78.7 Å². The standard InChI is InChI=1S/C25H41N5O4/c1-7-8-15-33-23-27-20(26)19-10-9-17(2)22(32-6)30(21(19)28-23)16-18-11-13-29(14-12-18)24(31)34-25(3,4)5/h18H,7-16H2,1-6H3,(H2,26,27,28). The molecule has 1 amide bonds. The number of ether oxygens (including phenoxy) is 3. The lowest BCUT2D eigenvalue weighted by atomic mass is 9.96. The van der Waals surface area contributed by atoms with Crippen molar-refractivity contribution in [2.24, 2.45) is 5.92 Å². The van der Waals surface area contributed by atoms with Crippen LogP contribution >= 0.6 is 0 Å². The Morgan fingerprint density at radius 1 is 1.18 bits per heavy atom. The normalized spacial score (nSPS) is 17.4. The summed E-state index contributed by atoms with van der Waals surface area (Å²) in [4.78, 5) is 25.6. The molecular weight excluding hydrogens is 434 g/mol. The molecule has 190 valence electrons. The number of unbranched alkanes of at least 4 members (excludes halogenated alkanes) is 1. The van der Waals surface area contributed by atoms with Crippen LogP contribution < -0.4 is 15.4 Å². The number of carbonyl (C=O) groups is 1. The van der Waals surface area contributed by atoms with Crippen molar-refractivity contribution in [3.63, 3.8) is 0 Å². The van der Waals surface area contributed by atoms with E-state index < -0.39 is 5.60 Å². The van der Waals surface area contributed by atoms with Crippen LogP contribution in [-0.4, -0.2) is 59.9 Å². The first-order chi connectivity index (χ1) is 16.1. The average Bonchev–Trinajstić information content (AvgIpc) is 2.90. The molecule has 0 spiro atoms. The summed E-state index contributed by atoms with van der Waals surface area (Å²) in [5, 5.41) is 0. The number of likely N-dealkylation sites (tertiary alicyclic amines) is 1. The Hall–Kier alpha value is -2.71. The molecule has 2 N–H and O–H groups in total. The Labute approximate surface area is 203 Å². The number of rotatable bonds is 7. The van der Waals surface area contributed by atoms with Crippen LogP contribution in [-0.2, 0) is 15.9 Å². The number of fused-ring (bicyclic) bond motifs is 1. The molecule has 0 radical (unpaired) electrons. The summed E-state index contributed by atoms with van der Waals surface area (Å²) < 4.78 is 17.2. The van der Waals surface area contributed by atoms with Crippen LogP contribution in [0.25, 0.3) is 0 Å². The molecular formula is C25H41N5O4. The van der Waals surface area contributed by atoms with E-state index in [1.54, 1.807) is 12.0 Å². The zero-order chi connectivity index (χ0) is 24.9. The molecule has 3 heterocycles. The van der Waals surface area contributed by atoms with Crippen molar-refractivity contribution in [3.8, 4) is 6.01 Å². The highest BCUT2D eigenvalue weighted by Crippen LogP contribution is 2.36. The Kier molecular flexibility index (Phi) is 8.49. The van der Waals surface area contributed by atoms with E-state index in [1.807, 2.05) is 20.8 Å². The first-order valence-electron chi connectivity index (χ1n) is 12.4. The maximum absolute atomic E-state index is 12.5. The Balaban J connectivity index is 1.79. The van der Waals surface area contributed by atoms with E-state index >= 15 is 0 Å². The van der Waals surface area contributed by atoms with Gasteiger partial charge in [-0.15, -0.1) is 0 Å². The Bertz CT molecular complexity index is 888. The number of hydrogen-bond acceptors (Lipinski definition) is 8. The monoisotopic (exact) mass is 475 g/mol. The topological polar surface area (TPSA) is 103 Å². The average molecular weight is 476 g/mol. The molecule has 1 aromatic rings. The molecule has 9 heteroatoms. The molecule has 0 unspecified atom stereocenters. The van der Waals surface area contributed by atoms with Gasteiger partial charge in [-0.3, -0.25) is 4.90 Å². The fourth-order valence-electron chi connectivity index (χ4n) is 4.39. The van der Waals surface area contributed by atoms with Crippen LogP contribution in [0.5, 0.6) is 6.01 Å². The number of nitrogens with two attached hydrogens (primary N) is 1. The van der Waals surface area contributed by atoms with E-state index in [9.17, 15) is 4.79 Å². The third-order valence-electron chi connectivity index (χ3n) is 6.24. The highest BCUT2D eigenvalue weighted by Gasteiger charge is 2.32. The largest absolute Gasteiger partial charge is 0.482 e. The predicted octanol–water partition coefficient (Wildman–Crippen LogP) is 4.52. The molecule has 0 aromatic carbocycles. The van der Waals surface area contributed by atoms with Crippen LogP contribution in [0.15, 0.2) is 11.5 Å². The van der Waals surface area contributed by atoms with E-state index in [1.165, 1.54) is 0 Å².